The molecule has 0 fully saturated rings. The van der Waals surface area contributed by atoms with E-state index in [4.69, 9.17) is 0 Å². The van der Waals surface area contributed by atoms with Gasteiger partial charge in [-0.05, 0) is 30.9 Å². The highest BCUT2D eigenvalue weighted by molar-refractivity contribution is 7.99. The molecule has 0 amide bonds. The summed E-state index contributed by atoms with van der Waals surface area (Å²) in [5.41, 5.74) is 1.53. The zero-order valence-corrected chi connectivity index (χ0v) is 12.1. The molecule has 0 aromatic carbocycles. The maximum atomic E-state index is 4.26. The number of nitrogens with one attached hydrogen (secondary N) is 1. The van der Waals surface area contributed by atoms with Crippen molar-refractivity contribution in [3.8, 4) is 0 Å². The molecule has 0 saturated heterocycles. The monoisotopic (exact) mass is 253 g/mol. The fourth-order valence-electron chi connectivity index (χ4n) is 1.26. The summed E-state index contributed by atoms with van der Waals surface area (Å²) in [6.07, 6.45) is 4.93. The van der Waals surface area contributed by atoms with E-state index in [1.54, 1.807) is 11.8 Å². The summed E-state index contributed by atoms with van der Waals surface area (Å²) in [6.45, 7) is 10.9. The zero-order chi connectivity index (χ0) is 12.7. The van der Waals surface area contributed by atoms with Crippen LogP contribution >= 0.6 is 11.8 Å². The van der Waals surface area contributed by atoms with E-state index >= 15 is 0 Å². The quantitative estimate of drug-likeness (QED) is 0.480. The molecule has 17 heavy (non-hydrogen) atoms. The van der Waals surface area contributed by atoms with Gasteiger partial charge >= 0.3 is 0 Å². The lowest BCUT2D eigenvalue weighted by Crippen LogP contribution is -2.22. The van der Waals surface area contributed by atoms with Gasteiger partial charge in [0.15, 0.2) is 5.16 Å². The van der Waals surface area contributed by atoms with Crippen molar-refractivity contribution >= 4 is 11.8 Å². The summed E-state index contributed by atoms with van der Waals surface area (Å²) < 4.78 is 0. The van der Waals surface area contributed by atoms with Crippen LogP contribution in [0.1, 0.15) is 32.8 Å². The molecule has 0 saturated carbocycles. The van der Waals surface area contributed by atoms with Crippen molar-refractivity contribution < 1.29 is 0 Å². The molecule has 1 heterocycles. The van der Waals surface area contributed by atoms with E-state index in [1.807, 2.05) is 19.3 Å². The van der Waals surface area contributed by atoms with E-state index in [9.17, 15) is 0 Å². The number of rotatable bonds is 6. The maximum Gasteiger partial charge on any atom is 0.187 e. The number of nitrogens with zero attached hydrogens (tertiary/aromatic N) is 2. The molecule has 96 valence electrons. The predicted octanol–water partition coefficient (Wildman–Crippen LogP) is 2.90. The van der Waals surface area contributed by atoms with Gasteiger partial charge in [-0.3, -0.25) is 0 Å². The molecule has 4 heteroatoms. The SMILES string of the molecule is Cc1cnc(SCCNCCC(C)(C)C)nc1. The fourth-order valence-corrected chi connectivity index (χ4v) is 1.94. The van der Waals surface area contributed by atoms with Gasteiger partial charge in [-0.25, -0.2) is 9.97 Å². The van der Waals surface area contributed by atoms with Crippen molar-refractivity contribution in [2.24, 2.45) is 5.41 Å². The number of hydrogen-bond donors (Lipinski definition) is 1. The van der Waals surface area contributed by atoms with Crippen molar-refractivity contribution in [1.82, 2.24) is 15.3 Å². The van der Waals surface area contributed by atoms with Crippen LogP contribution in [0, 0.1) is 12.3 Å². The van der Waals surface area contributed by atoms with Gasteiger partial charge in [0.05, 0.1) is 0 Å². The van der Waals surface area contributed by atoms with Crippen LogP contribution in [0.4, 0.5) is 0 Å². The van der Waals surface area contributed by atoms with Crippen LogP contribution < -0.4 is 5.32 Å². The summed E-state index contributed by atoms with van der Waals surface area (Å²) in [5.74, 6) is 1.02. The van der Waals surface area contributed by atoms with Crippen LogP contribution in [-0.4, -0.2) is 28.8 Å². The van der Waals surface area contributed by atoms with Crippen molar-refractivity contribution in [1.29, 1.82) is 0 Å². The minimum atomic E-state index is 0.417. The molecule has 1 N–H and O–H groups in total. The Morgan fingerprint density at radius 1 is 1.18 bits per heavy atom. The Morgan fingerprint density at radius 2 is 1.82 bits per heavy atom. The standard InChI is InChI=1S/C13H23N3S/c1-11-9-15-12(16-10-11)17-8-7-14-6-5-13(2,3)4/h9-10,14H,5-8H2,1-4H3. The van der Waals surface area contributed by atoms with Crippen LogP contribution in [0.2, 0.25) is 0 Å². The second-order valence-corrected chi connectivity index (χ2v) is 6.51. The van der Waals surface area contributed by atoms with Crippen molar-refractivity contribution in [3.63, 3.8) is 0 Å². The first kappa shape index (κ1) is 14.5. The maximum absolute atomic E-state index is 4.26. The van der Waals surface area contributed by atoms with Crippen LogP contribution in [0.15, 0.2) is 17.6 Å². The summed E-state index contributed by atoms with van der Waals surface area (Å²) in [5, 5.41) is 4.32. The molecule has 0 atom stereocenters. The van der Waals surface area contributed by atoms with Gasteiger partial charge in [-0.2, -0.15) is 0 Å². The summed E-state index contributed by atoms with van der Waals surface area (Å²) in [6, 6.07) is 0. The number of aryl methyl sites for hydroxylation is 1. The molecule has 1 rings (SSSR count). The normalized spacial score (nSPS) is 11.8. The highest BCUT2D eigenvalue weighted by Crippen LogP contribution is 2.17. The Morgan fingerprint density at radius 3 is 2.41 bits per heavy atom. The van der Waals surface area contributed by atoms with Crippen LogP contribution in [-0.2, 0) is 0 Å². The molecular formula is C13H23N3S. The number of hydrogen-bond acceptors (Lipinski definition) is 4. The van der Waals surface area contributed by atoms with Gasteiger partial charge < -0.3 is 5.32 Å². The third kappa shape index (κ3) is 7.34. The highest BCUT2D eigenvalue weighted by atomic mass is 32.2. The van der Waals surface area contributed by atoms with Gasteiger partial charge in [0, 0.05) is 24.7 Å². The molecular weight excluding hydrogens is 230 g/mol. The Balaban J connectivity index is 2.07. The minimum Gasteiger partial charge on any atom is -0.316 e. The first-order valence-electron chi connectivity index (χ1n) is 6.09. The van der Waals surface area contributed by atoms with E-state index in [0.717, 1.165) is 29.6 Å². The summed E-state index contributed by atoms with van der Waals surface area (Å²) >= 11 is 1.70. The van der Waals surface area contributed by atoms with E-state index in [2.05, 4.69) is 36.1 Å². The van der Waals surface area contributed by atoms with Crippen molar-refractivity contribution in [2.45, 2.75) is 39.3 Å². The molecule has 0 spiro atoms. The largest absolute Gasteiger partial charge is 0.316 e. The van der Waals surface area contributed by atoms with Crippen LogP contribution in [0.5, 0.6) is 0 Å². The van der Waals surface area contributed by atoms with Gasteiger partial charge in [0.2, 0.25) is 0 Å². The van der Waals surface area contributed by atoms with Crippen molar-refractivity contribution in [2.75, 3.05) is 18.8 Å². The zero-order valence-electron chi connectivity index (χ0n) is 11.3. The first-order chi connectivity index (χ1) is 7.97. The fraction of sp³-hybridized carbons (Fsp3) is 0.692. The third-order valence-corrected chi connectivity index (χ3v) is 3.20. The van der Waals surface area contributed by atoms with Gasteiger partial charge in [-0.1, -0.05) is 32.5 Å². The Labute approximate surface area is 109 Å². The average molecular weight is 253 g/mol. The molecule has 0 aliphatic carbocycles. The van der Waals surface area contributed by atoms with Crippen LogP contribution in [0.25, 0.3) is 0 Å². The number of aromatic nitrogens is 2. The Hall–Kier alpha value is -0.610. The van der Waals surface area contributed by atoms with E-state index in [1.165, 1.54) is 6.42 Å². The topological polar surface area (TPSA) is 37.8 Å². The number of thioether (sulfide) groups is 1. The van der Waals surface area contributed by atoms with Crippen LogP contribution in [0.3, 0.4) is 0 Å². The molecule has 0 aliphatic heterocycles. The van der Waals surface area contributed by atoms with Crippen molar-refractivity contribution in [3.05, 3.63) is 18.0 Å². The smallest absolute Gasteiger partial charge is 0.187 e. The minimum absolute atomic E-state index is 0.417. The average Bonchev–Trinajstić information content (AvgIpc) is 2.24. The lowest BCUT2D eigenvalue weighted by molar-refractivity contribution is 0.369. The van der Waals surface area contributed by atoms with Gasteiger partial charge in [0.25, 0.3) is 0 Å². The molecule has 3 nitrogen and oxygen atoms in total. The molecule has 0 unspecified atom stereocenters. The summed E-state index contributed by atoms with van der Waals surface area (Å²) in [7, 11) is 0. The third-order valence-electron chi connectivity index (χ3n) is 2.32. The highest BCUT2D eigenvalue weighted by Gasteiger charge is 2.08. The molecule has 1 aromatic heterocycles. The molecule has 1 aromatic rings. The molecule has 0 radical (unpaired) electrons. The summed E-state index contributed by atoms with van der Waals surface area (Å²) in [4.78, 5) is 8.52. The first-order valence-corrected chi connectivity index (χ1v) is 7.08. The second kappa shape index (κ2) is 6.97. The second-order valence-electron chi connectivity index (χ2n) is 5.45. The lowest BCUT2D eigenvalue weighted by Gasteiger charge is -2.17. The van der Waals surface area contributed by atoms with Gasteiger partial charge in [0.1, 0.15) is 0 Å². The Kier molecular flexibility index (Phi) is 5.92. The van der Waals surface area contributed by atoms with Gasteiger partial charge in [-0.15, -0.1) is 0 Å². The Bertz CT molecular complexity index is 316. The van der Waals surface area contributed by atoms with E-state index in [-0.39, 0.29) is 0 Å². The lowest BCUT2D eigenvalue weighted by atomic mass is 9.92. The van der Waals surface area contributed by atoms with E-state index < -0.39 is 0 Å². The molecule has 0 aliphatic rings. The van der Waals surface area contributed by atoms with E-state index in [0.29, 0.717) is 5.41 Å². The predicted molar refractivity (Wildman–Crippen MR) is 74.4 cm³/mol. The molecule has 0 bridgehead atoms.